The summed E-state index contributed by atoms with van der Waals surface area (Å²) in [6.07, 6.45) is 1.97. The van der Waals surface area contributed by atoms with Gasteiger partial charge >= 0.3 is 5.97 Å². The summed E-state index contributed by atoms with van der Waals surface area (Å²) in [6.45, 7) is 0. The Bertz CT molecular complexity index is 489. The minimum absolute atomic E-state index is 0.0764. The van der Waals surface area contributed by atoms with Crippen LogP contribution in [0.2, 0.25) is 0 Å². The molecule has 4 nitrogen and oxygen atoms in total. The van der Waals surface area contributed by atoms with Crippen molar-refractivity contribution < 1.29 is 19.0 Å². The molecule has 82 valence electrons. The molecule has 0 spiro atoms. The van der Waals surface area contributed by atoms with E-state index < -0.39 is 11.8 Å². The minimum atomic E-state index is -1.17. The molecule has 1 aromatic carbocycles. The maximum absolute atomic E-state index is 13.1. The molecule has 1 aromatic rings. The third kappa shape index (κ3) is 2.58. The number of nitriles is 1. The molecule has 1 N–H and O–H groups in total. The Labute approximate surface area is 91.2 Å². The van der Waals surface area contributed by atoms with Crippen molar-refractivity contribution in [3.05, 3.63) is 35.2 Å². The molecule has 5 heteroatoms. The van der Waals surface area contributed by atoms with Gasteiger partial charge in [0.1, 0.15) is 23.2 Å². The summed E-state index contributed by atoms with van der Waals surface area (Å²) < 4.78 is 17.9. The highest BCUT2D eigenvalue weighted by atomic mass is 19.1. The number of ether oxygens (including phenoxy) is 1. The van der Waals surface area contributed by atoms with Gasteiger partial charge in [-0.05, 0) is 17.7 Å². The fourth-order valence-electron chi connectivity index (χ4n) is 1.18. The third-order valence-electron chi connectivity index (χ3n) is 1.83. The van der Waals surface area contributed by atoms with Gasteiger partial charge in [0, 0.05) is 12.1 Å². The van der Waals surface area contributed by atoms with Gasteiger partial charge in [-0.2, -0.15) is 5.26 Å². The van der Waals surface area contributed by atoms with Crippen LogP contribution in [0.3, 0.4) is 0 Å². The predicted molar refractivity (Wildman–Crippen MR) is 54.3 cm³/mol. The van der Waals surface area contributed by atoms with Crippen LogP contribution in [0.5, 0.6) is 5.75 Å². The second-order valence-corrected chi connectivity index (χ2v) is 2.86. The fourth-order valence-corrected chi connectivity index (χ4v) is 1.18. The van der Waals surface area contributed by atoms with E-state index in [2.05, 4.69) is 0 Å². The minimum Gasteiger partial charge on any atom is -0.495 e. The first-order chi connectivity index (χ1) is 7.58. The molecule has 0 aliphatic heterocycles. The van der Waals surface area contributed by atoms with E-state index in [-0.39, 0.29) is 16.9 Å². The molecule has 0 radical (unpaired) electrons. The number of hydrogen-bond acceptors (Lipinski definition) is 3. The first-order valence-corrected chi connectivity index (χ1v) is 4.27. The van der Waals surface area contributed by atoms with Gasteiger partial charge in [-0.15, -0.1) is 0 Å². The highest BCUT2D eigenvalue weighted by molar-refractivity contribution is 5.86. The van der Waals surface area contributed by atoms with Gasteiger partial charge in [-0.25, -0.2) is 9.18 Å². The molecule has 0 unspecified atom stereocenters. The van der Waals surface area contributed by atoms with Crippen LogP contribution in [-0.2, 0) is 4.79 Å². The normalized spacial score (nSPS) is 10.1. The largest absolute Gasteiger partial charge is 0.495 e. The van der Waals surface area contributed by atoms with Gasteiger partial charge in [-0.1, -0.05) is 0 Å². The first-order valence-electron chi connectivity index (χ1n) is 4.27. The molecule has 1 rings (SSSR count). The summed E-state index contributed by atoms with van der Waals surface area (Å²) >= 11 is 0. The zero-order valence-corrected chi connectivity index (χ0v) is 8.40. The number of carbonyl (C=O) groups is 1. The van der Waals surface area contributed by atoms with Crippen LogP contribution in [0.25, 0.3) is 6.08 Å². The van der Waals surface area contributed by atoms with Crippen molar-refractivity contribution in [3.63, 3.8) is 0 Å². The molecule has 0 saturated heterocycles. The number of hydrogen-bond donors (Lipinski definition) is 1. The molecule has 0 fully saturated rings. The molecule has 16 heavy (non-hydrogen) atoms. The van der Waals surface area contributed by atoms with E-state index in [4.69, 9.17) is 15.1 Å². The van der Waals surface area contributed by atoms with E-state index >= 15 is 0 Å². The predicted octanol–water partition coefficient (Wildman–Crippen LogP) is 1.80. The number of carboxylic acid groups (broad SMARTS) is 1. The Morgan fingerprint density at radius 2 is 2.31 bits per heavy atom. The summed E-state index contributed by atoms with van der Waals surface area (Å²) in [5.41, 5.74) is 0.267. The molecular formula is C11H8FNO3. The Hall–Kier alpha value is -2.35. The zero-order chi connectivity index (χ0) is 12.1. The van der Waals surface area contributed by atoms with E-state index in [1.54, 1.807) is 0 Å². The van der Waals surface area contributed by atoms with Crippen LogP contribution in [0.1, 0.15) is 11.1 Å². The number of halogens is 1. The topological polar surface area (TPSA) is 70.3 Å². The van der Waals surface area contributed by atoms with Crippen molar-refractivity contribution >= 4 is 12.0 Å². The van der Waals surface area contributed by atoms with E-state index in [9.17, 15) is 9.18 Å². The van der Waals surface area contributed by atoms with Crippen LogP contribution in [-0.4, -0.2) is 18.2 Å². The van der Waals surface area contributed by atoms with Crippen molar-refractivity contribution in [3.8, 4) is 11.8 Å². The van der Waals surface area contributed by atoms with E-state index in [0.717, 1.165) is 24.3 Å². The van der Waals surface area contributed by atoms with Crippen molar-refractivity contribution in [2.24, 2.45) is 0 Å². The summed E-state index contributed by atoms with van der Waals surface area (Å²) in [5.74, 6) is -1.69. The average Bonchev–Trinajstić information content (AvgIpc) is 2.25. The maximum atomic E-state index is 13.1. The molecule has 0 aromatic heterocycles. The maximum Gasteiger partial charge on any atom is 0.328 e. The molecular weight excluding hydrogens is 213 g/mol. The van der Waals surface area contributed by atoms with Crippen LogP contribution >= 0.6 is 0 Å². The number of nitrogens with zero attached hydrogens (tertiary/aromatic N) is 1. The van der Waals surface area contributed by atoms with Crippen LogP contribution in [0, 0.1) is 17.1 Å². The zero-order valence-electron chi connectivity index (χ0n) is 8.40. The Morgan fingerprint density at radius 3 is 2.81 bits per heavy atom. The van der Waals surface area contributed by atoms with E-state index in [1.807, 2.05) is 6.07 Å². The Kier molecular flexibility index (Phi) is 3.62. The fraction of sp³-hybridized carbons (Fsp3) is 0.0909. The monoisotopic (exact) mass is 221 g/mol. The van der Waals surface area contributed by atoms with E-state index in [0.29, 0.717) is 0 Å². The quantitative estimate of drug-likeness (QED) is 0.790. The molecule has 0 amide bonds. The van der Waals surface area contributed by atoms with Gasteiger partial charge in [0.05, 0.1) is 7.11 Å². The van der Waals surface area contributed by atoms with Crippen LogP contribution < -0.4 is 4.74 Å². The molecule has 0 atom stereocenters. The van der Waals surface area contributed by atoms with E-state index in [1.165, 1.54) is 7.11 Å². The number of carboxylic acids is 1. The molecule has 0 saturated carbocycles. The van der Waals surface area contributed by atoms with Gasteiger partial charge in [0.2, 0.25) is 0 Å². The average molecular weight is 221 g/mol. The summed E-state index contributed by atoms with van der Waals surface area (Å²) in [4.78, 5) is 10.3. The lowest BCUT2D eigenvalue weighted by atomic mass is 10.1. The third-order valence-corrected chi connectivity index (χ3v) is 1.83. The van der Waals surface area contributed by atoms with Crippen LogP contribution in [0.15, 0.2) is 18.2 Å². The van der Waals surface area contributed by atoms with Crippen molar-refractivity contribution in [1.29, 1.82) is 5.26 Å². The summed E-state index contributed by atoms with van der Waals surface area (Å²) in [5, 5.41) is 17.3. The molecule has 0 aliphatic rings. The second kappa shape index (κ2) is 4.94. The van der Waals surface area contributed by atoms with Gasteiger partial charge in [0.15, 0.2) is 0 Å². The van der Waals surface area contributed by atoms with Crippen LogP contribution in [0.4, 0.5) is 4.39 Å². The SMILES string of the molecule is COc1cc(F)cc(/C=C/C(=O)O)c1C#N. The number of aliphatic carboxylic acids is 1. The second-order valence-electron chi connectivity index (χ2n) is 2.86. The van der Waals surface area contributed by atoms with Gasteiger partial charge in [-0.3, -0.25) is 0 Å². The smallest absolute Gasteiger partial charge is 0.328 e. The Balaban J connectivity index is 3.32. The molecule has 0 bridgehead atoms. The Morgan fingerprint density at radius 1 is 1.62 bits per heavy atom. The highest BCUT2D eigenvalue weighted by Gasteiger charge is 2.09. The lowest BCUT2D eigenvalue weighted by Gasteiger charge is -2.05. The first kappa shape index (κ1) is 11.7. The standard InChI is InChI=1S/C11H8FNO3/c1-16-10-5-8(12)4-7(9(10)6-13)2-3-11(14)15/h2-5H,1H3,(H,14,15)/b3-2+. The van der Waals surface area contributed by atoms with Gasteiger partial charge in [0.25, 0.3) is 0 Å². The molecule has 0 heterocycles. The number of methoxy groups -OCH3 is 1. The lowest BCUT2D eigenvalue weighted by Crippen LogP contribution is -1.94. The van der Waals surface area contributed by atoms with Gasteiger partial charge < -0.3 is 9.84 Å². The summed E-state index contributed by atoms with van der Waals surface area (Å²) in [6, 6.07) is 3.97. The molecule has 0 aliphatic carbocycles. The number of benzene rings is 1. The lowest BCUT2D eigenvalue weighted by molar-refractivity contribution is -0.131. The van der Waals surface area contributed by atoms with Crippen molar-refractivity contribution in [2.45, 2.75) is 0 Å². The van der Waals surface area contributed by atoms with Crippen molar-refractivity contribution in [1.82, 2.24) is 0 Å². The van der Waals surface area contributed by atoms with Crippen molar-refractivity contribution in [2.75, 3.05) is 7.11 Å². The summed E-state index contributed by atoms with van der Waals surface area (Å²) in [7, 11) is 1.31. The highest BCUT2D eigenvalue weighted by Crippen LogP contribution is 2.24. The number of rotatable bonds is 3.